The number of halogens is 1. The molecular weight excluding hydrogens is 355 g/mol. The van der Waals surface area contributed by atoms with E-state index in [9.17, 15) is 14.0 Å². The number of fused-ring (bicyclic) bond motifs is 1. The Bertz CT molecular complexity index is 833. The molecule has 2 aromatic rings. The number of rotatable bonds is 6. The molecule has 2 amide bonds. The van der Waals surface area contributed by atoms with Gasteiger partial charge in [0, 0.05) is 13.1 Å². The second kappa shape index (κ2) is 9.00. The molecule has 0 spiro atoms. The highest BCUT2D eigenvalue weighted by atomic mass is 19.1. The lowest BCUT2D eigenvalue weighted by molar-refractivity contribution is -0.137. The maximum absolute atomic E-state index is 13.1. The van der Waals surface area contributed by atoms with Crippen molar-refractivity contribution in [2.75, 3.05) is 6.54 Å². The summed E-state index contributed by atoms with van der Waals surface area (Å²) in [4.78, 5) is 27.5. The SMILES string of the molecule is CC(C)C[C@@H](NC(=O)Cc1ccc(F)cc1)C(=O)N1CCc2ccccc2C1. The molecule has 0 saturated carbocycles. The van der Waals surface area contributed by atoms with Crippen molar-refractivity contribution in [3.05, 3.63) is 71.0 Å². The number of carbonyl (C=O) groups is 2. The van der Waals surface area contributed by atoms with Crippen molar-refractivity contribution in [1.82, 2.24) is 10.2 Å². The standard InChI is InChI=1S/C23H27FN2O2/c1-16(2)13-21(25-22(27)14-17-7-9-20(24)10-8-17)23(28)26-12-11-18-5-3-4-6-19(18)15-26/h3-10,16,21H,11-15H2,1-2H3,(H,25,27)/t21-/m1/s1. The average molecular weight is 382 g/mol. The highest BCUT2D eigenvalue weighted by Gasteiger charge is 2.29. The van der Waals surface area contributed by atoms with E-state index in [0.29, 0.717) is 19.5 Å². The predicted octanol–water partition coefficient (Wildman–Crippen LogP) is 3.48. The number of amides is 2. The minimum Gasteiger partial charge on any atom is -0.344 e. The molecule has 5 heteroatoms. The molecule has 28 heavy (non-hydrogen) atoms. The number of hydrogen-bond donors (Lipinski definition) is 1. The third-order valence-electron chi connectivity index (χ3n) is 5.06. The normalized spacial score (nSPS) is 14.5. The van der Waals surface area contributed by atoms with E-state index in [1.165, 1.54) is 23.3 Å². The molecule has 0 saturated heterocycles. The lowest BCUT2D eigenvalue weighted by Crippen LogP contribution is -2.50. The zero-order valence-corrected chi connectivity index (χ0v) is 16.5. The highest BCUT2D eigenvalue weighted by molar-refractivity contribution is 5.88. The number of nitrogens with zero attached hydrogens (tertiary/aromatic N) is 1. The van der Waals surface area contributed by atoms with Crippen LogP contribution in [0.2, 0.25) is 0 Å². The van der Waals surface area contributed by atoms with Gasteiger partial charge in [-0.05, 0) is 47.6 Å². The van der Waals surface area contributed by atoms with Gasteiger partial charge in [-0.25, -0.2) is 4.39 Å². The van der Waals surface area contributed by atoms with E-state index in [1.807, 2.05) is 30.9 Å². The van der Waals surface area contributed by atoms with Crippen molar-refractivity contribution in [2.45, 2.75) is 45.7 Å². The summed E-state index contributed by atoms with van der Waals surface area (Å²) in [6.07, 6.45) is 1.55. The van der Waals surface area contributed by atoms with Gasteiger partial charge in [-0.15, -0.1) is 0 Å². The summed E-state index contributed by atoms with van der Waals surface area (Å²) < 4.78 is 13.0. The molecule has 0 aromatic heterocycles. The van der Waals surface area contributed by atoms with Crippen LogP contribution in [0.25, 0.3) is 0 Å². The largest absolute Gasteiger partial charge is 0.344 e. The lowest BCUT2D eigenvalue weighted by Gasteiger charge is -2.32. The molecular formula is C23H27FN2O2. The van der Waals surface area contributed by atoms with E-state index in [1.54, 1.807) is 12.1 Å². The van der Waals surface area contributed by atoms with Crippen LogP contribution in [0, 0.1) is 11.7 Å². The third kappa shape index (κ3) is 5.18. The fourth-order valence-corrected chi connectivity index (χ4v) is 3.63. The van der Waals surface area contributed by atoms with Crippen molar-refractivity contribution >= 4 is 11.8 Å². The number of hydrogen-bond acceptors (Lipinski definition) is 2. The third-order valence-corrected chi connectivity index (χ3v) is 5.06. The fraction of sp³-hybridized carbons (Fsp3) is 0.391. The van der Waals surface area contributed by atoms with Crippen LogP contribution in [0.4, 0.5) is 4.39 Å². The van der Waals surface area contributed by atoms with E-state index in [4.69, 9.17) is 0 Å². The molecule has 1 heterocycles. The molecule has 1 aliphatic heterocycles. The first kappa shape index (κ1) is 20.1. The molecule has 3 rings (SSSR count). The molecule has 0 radical (unpaired) electrons. The fourth-order valence-electron chi connectivity index (χ4n) is 3.63. The topological polar surface area (TPSA) is 49.4 Å². The first-order valence-corrected chi connectivity index (χ1v) is 9.81. The Labute approximate surface area is 165 Å². The Hall–Kier alpha value is -2.69. The van der Waals surface area contributed by atoms with Gasteiger partial charge < -0.3 is 10.2 Å². The molecule has 0 fully saturated rings. The zero-order valence-electron chi connectivity index (χ0n) is 16.5. The minimum absolute atomic E-state index is 0.0318. The predicted molar refractivity (Wildman–Crippen MR) is 107 cm³/mol. The quantitative estimate of drug-likeness (QED) is 0.832. The first-order chi connectivity index (χ1) is 13.4. The summed E-state index contributed by atoms with van der Waals surface area (Å²) in [6, 6.07) is 13.5. The van der Waals surface area contributed by atoms with E-state index >= 15 is 0 Å². The van der Waals surface area contributed by atoms with Gasteiger partial charge in [0.25, 0.3) is 0 Å². The molecule has 2 aromatic carbocycles. The Kier molecular flexibility index (Phi) is 6.45. The van der Waals surface area contributed by atoms with Gasteiger partial charge in [0.2, 0.25) is 11.8 Å². The van der Waals surface area contributed by atoms with Crippen molar-refractivity contribution in [2.24, 2.45) is 5.92 Å². The van der Waals surface area contributed by atoms with Crippen LogP contribution in [0.5, 0.6) is 0 Å². The zero-order chi connectivity index (χ0) is 20.1. The molecule has 4 nitrogen and oxygen atoms in total. The minimum atomic E-state index is -0.543. The van der Waals surface area contributed by atoms with Crippen LogP contribution in [0.15, 0.2) is 48.5 Å². The maximum atomic E-state index is 13.1. The van der Waals surface area contributed by atoms with Crippen LogP contribution in [-0.2, 0) is 29.0 Å². The van der Waals surface area contributed by atoms with E-state index < -0.39 is 6.04 Å². The second-order valence-corrected chi connectivity index (χ2v) is 7.83. The maximum Gasteiger partial charge on any atom is 0.245 e. The lowest BCUT2D eigenvalue weighted by atomic mass is 9.97. The van der Waals surface area contributed by atoms with Crippen molar-refractivity contribution < 1.29 is 14.0 Å². The van der Waals surface area contributed by atoms with Gasteiger partial charge >= 0.3 is 0 Å². The summed E-state index contributed by atoms with van der Waals surface area (Å²) in [7, 11) is 0. The van der Waals surface area contributed by atoms with Gasteiger partial charge in [0.15, 0.2) is 0 Å². The number of nitrogens with one attached hydrogen (secondary N) is 1. The van der Waals surface area contributed by atoms with Crippen molar-refractivity contribution in [3.8, 4) is 0 Å². The van der Waals surface area contributed by atoms with Crippen LogP contribution in [0.1, 0.15) is 37.0 Å². The Balaban J connectivity index is 1.66. The second-order valence-electron chi connectivity index (χ2n) is 7.83. The smallest absolute Gasteiger partial charge is 0.245 e. The van der Waals surface area contributed by atoms with E-state index in [2.05, 4.69) is 17.4 Å². The monoisotopic (exact) mass is 382 g/mol. The summed E-state index contributed by atoms with van der Waals surface area (Å²) in [6.45, 7) is 5.32. The Morgan fingerprint density at radius 3 is 2.43 bits per heavy atom. The van der Waals surface area contributed by atoms with Crippen LogP contribution >= 0.6 is 0 Å². The summed E-state index contributed by atoms with van der Waals surface area (Å²) in [5, 5.41) is 2.91. The van der Waals surface area contributed by atoms with Gasteiger partial charge in [0.1, 0.15) is 11.9 Å². The highest BCUT2D eigenvalue weighted by Crippen LogP contribution is 2.20. The van der Waals surface area contributed by atoms with Crippen LogP contribution in [0.3, 0.4) is 0 Å². The molecule has 0 unspecified atom stereocenters. The van der Waals surface area contributed by atoms with E-state index in [-0.39, 0.29) is 30.0 Å². The first-order valence-electron chi connectivity index (χ1n) is 9.81. The number of carbonyl (C=O) groups excluding carboxylic acids is 2. The summed E-state index contributed by atoms with van der Waals surface area (Å²) in [5.74, 6) is -0.307. The summed E-state index contributed by atoms with van der Waals surface area (Å²) in [5.41, 5.74) is 3.18. The van der Waals surface area contributed by atoms with Crippen molar-refractivity contribution in [3.63, 3.8) is 0 Å². The molecule has 1 N–H and O–H groups in total. The van der Waals surface area contributed by atoms with Gasteiger partial charge in [0.05, 0.1) is 6.42 Å². The molecule has 0 bridgehead atoms. The number of benzene rings is 2. The molecule has 1 atom stereocenters. The van der Waals surface area contributed by atoms with Crippen LogP contribution < -0.4 is 5.32 Å². The van der Waals surface area contributed by atoms with Gasteiger partial charge in [-0.3, -0.25) is 9.59 Å². The molecule has 148 valence electrons. The Morgan fingerprint density at radius 2 is 1.75 bits per heavy atom. The van der Waals surface area contributed by atoms with E-state index in [0.717, 1.165) is 12.0 Å². The summed E-state index contributed by atoms with van der Waals surface area (Å²) >= 11 is 0. The average Bonchev–Trinajstić information content (AvgIpc) is 2.68. The molecule has 1 aliphatic rings. The van der Waals surface area contributed by atoms with Crippen LogP contribution in [-0.4, -0.2) is 29.3 Å². The Morgan fingerprint density at radius 1 is 1.07 bits per heavy atom. The van der Waals surface area contributed by atoms with Crippen molar-refractivity contribution in [1.29, 1.82) is 0 Å². The molecule has 0 aliphatic carbocycles. The van der Waals surface area contributed by atoms with Gasteiger partial charge in [-0.1, -0.05) is 50.2 Å². The van der Waals surface area contributed by atoms with Gasteiger partial charge in [-0.2, -0.15) is 0 Å².